The number of halogens is 1. The number of carbonyl (C=O) groups is 2. The van der Waals surface area contributed by atoms with Crippen molar-refractivity contribution < 1.29 is 18.7 Å². The molecule has 6 heteroatoms. The molecule has 1 N–H and O–H groups in total. The Hall–Kier alpha value is -2.73. The summed E-state index contributed by atoms with van der Waals surface area (Å²) in [6.07, 6.45) is 1.78. The van der Waals surface area contributed by atoms with Crippen molar-refractivity contribution >= 4 is 17.6 Å². The molecule has 0 aromatic heterocycles. The van der Waals surface area contributed by atoms with E-state index >= 15 is 0 Å². The normalized spacial score (nSPS) is 17.0. The van der Waals surface area contributed by atoms with Crippen molar-refractivity contribution in [2.24, 2.45) is 5.92 Å². The highest BCUT2D eigenvalue weighted by Crippen LogP contribution is 2.23. The van der Waals surface area contributed by atoms with Gasteiger partial charge in [-0.3, -0.25) is 9.69 Å². The molecule has 2 aromatic carbocycles. The number of piperidine rings is 1. The minimum absolute atomic E-state index is 0.0132. The van der Waals surface area contributed by atoms with E-state index in [2.05, 4.69) is 10.2 Å². The average Bonchev–Trinajstić information content (AvgIpc) is 2.71. The second kappa shape index (κ2) is 9.65. The van der Waals surface area contributed by atoms with Crippen molar-refractivity contribution in [3.05, 3.63) is 65.0 Å². The van der Waals surface area contributed by atoms with Gasteiger partial charge in [0.05, 0.1) is 18.1 Å². The number of amides is 1. The second-order valence-electron chi connectivity index (χ2n) is 7.44. The molecule has 0 saturated carbocycles. The lowest BCUT2D eigenvalue weighted by Crippen LogP contribution is -2.40. The van der Waals surface area contributed by atoms with Gasteiger partial charge < -0.3 is 10.1 Å². The van der Waals surface area contributed by atoms with Crippen LogP contribution < -0.4 is 5.32 Å². The van der Waals surface area contributed by atoms with E-state index in [4.69, 9.17) is 4.74 Å². The van der Waals surface area contributed by atoms with Gasteiger partial charge in [0.2, 0.25) is 5.91 Å². The van der Waals surface area contributed by atoms with Gasteiger partial charge in [0, 0.05) is 18.8 Å². The Morgan fingerprint density at radius 3 is 2.66 bits per heavy atom. The molecule has 0 aliphatic carbocycles. The van der Waals surface area contributed by atoms with Crippen LogP contribution in [0.2, 0.25) is 0 Å². The standard InChI is InChI=1S/C23H27FN2O3/c1-3-29-23(28)18-8-11-21(16(2)13-18)25-22(27)19-5-4-12-26(15-19)14-17-6-9-20(24)10-7-17/h6-11,13,19H,3-5,12,14-15H2,1-2H3,(H,25,27). The molecule has 1 aliphatic rings. The van der Waals surface area contributed by atoms with E-state index in [1.165, 1.54) is 12.1 Å². The Morgan fingerprint density at radius 2 is 1.97 bits per heavy atom. The molecule has 0 radical (unpaired) electrons. The van der Waals surface area contributed by atoms with Crippen LogP contribution in [0.5, 0.6) is 0 Å². The van der Waals surface area contributed by atoms with Crippen LogP contribution in [0.3, 0.4) is 0 Å². The lowest BCUT2D eigenvalue weighted by Gasteiger charge is -2.32. The van der Waals surface area contributed by atoms with E-state index in [1.807, 2.05) is 6.92 Å². The van der Waals surface area contributed by atoms with Crippen LogP contribution in [0.15, 0.2) is 42.5 Å². The fourth-order valence-corrected chi connectivity index (χ4v) is 3.64. The number of likely N-dealkylation sites (tertiary alicyclic amines) is 1. The van der Waals surface area contributed by atoms with Crippen LogP contribution in [0, 0.1) is 18.7 Å². The minimum atomic E-state index is -0.364. The zero-order valence-corrected chi connectivity index (χ0v) is 16.9. The van der Waals surface area contributed by atoms with Gasteiger partial charge in [-0.15, -0.1) is 0 Å². The Labute approximate surface area is 170 Å². The summed E-state index contributed by atoms with van der Waals surface area (Å²) in [5, 5.41) is 3.00. The first-order chi connectivity index (χ1) is 14.0. The van der Waals surface area contributed by atoms with Crippen molar-refractivity contribution in [2.75, 3.05) is 25.0 Å². The topological polar surface area (TPSA) is 58.6 Å². The lowest BCUT2D eigenvalue weighted by molar-refractivity contribution is -0.121. The third-order valence-corrected chi connectivity index (χ3v) is 5.19. The molecule has 1 fully saturated rings. The SMILES string of the molecule is CCOC(=O)c1ccc(NC(=O)C2CCCN(Cc3ccc(F)cc3)C2)c(C)c1. The number of esters is 1. The maximum atomic E-state index is 13.1. The number of hydrogen-bond acceptors (Lipinski definition) is 4. The number of carbonyl (C=O) groups excluding carboxylic acids is 2. The number of hydrogen-bond donors (Lipinski definition) is 1. The van der Waals surface area contributed by atoms with Gasteiger partial charge in [-0.05, 0) is 74.7 Å². The van der Waals surface area contributed by atoms with E-state index in [0.29, 0.717) is 30.9 Å². The van der Waals surface area contributed by atoms with E-state index in [0.717, 1.165) is 30.5 Å². The quantitative estimate of drug-likeness (QED) is 0.743. The highest BCUT2D eigenvalue weighted by Gasteiger charge is 2.26. The van der Waals surface area contributed by atoms with Crippen LogP contribution >= 0.6 is 0 Å². The molecule has 1 atom stereocenters. The largest absolute Gasteiger partial charge is 0.462 e. The monoisotopic (exact) mass is 398 g/mol. The van der Waals surface area contributed by atoms with Crippen molar-refractivity contribution in [3.8, 4) is 0 Å². The summed E-state index contributed by atoms with van der Waals surface area (Å²) in [5.74, 6) is -0.722. The van der Waals surface area contributed by atoms with Crippen molar-refractivity contribution in [1.82, 2.24) is 4.90 Å². The van der Waals surface area contributed by atoms with Gasteiger partial charge in [-0.1, -0.05) is 12.1 Å². The summed E-state index contributed by atoms with van der Waals surface area (Å²) < 4.78 is 18.1. The molecule has 3 rings (SSSR count). The second-order valence-corrected chi connectivity index (χ2v) is 7.44. The number of anilines is 1. The summed E-state index contributed by atoms with van der Waals surface area (Å²) in [6, 6.07) is 11.6. The number of benzene rings is 2. The van der Waals surface area contributed by atoms with Crippen LogP contribution in [0.25, 0.3) is 0 Å². The molecule has 5 nitrogen and oxygen atoms in total. The van der Waals surface area contributed by atoms with Gasteiger partial charge in [0.1, 0.15) is 5.82 Å². The third-order valence-electron chi connectivity index (χ3n) is 5.19. The molecule has 0 bridgehead atoms. The molecule has 154 valence electrons. The Bertz CT molecular complexity index is 867. The summed E-state index contributed by atoms with van der Waals surface area (Å²) in [7, 11) is 0. The van der Waals surface area contributed by atoms with Crippen LogP contribution in [0.1, 0.15) is 41.3 Å². The fraction of sp³-hybridized carbons (Fsp3) is 0.391. The van der Waals surface area contributed by atoms with Gasteiger partial charge in [0.25, 0.3) is 0 Å². The summed E-state index contributed by atoms with van der Waals surface area (Å²) in [5.41, 5.74) is 3.05. The number of nitrogens with one attached hydrogen (secondary N) is 1. The maximum absolute atomic E-state index is 13.1. The summed E-state index contributed by atoms with van der Waals surface area (Å²) in [6.45, 7) is 6.25. The first-order valence-electron chi connectivity index (χ1n) is 10.0. The lowest BCUT2D eigenvalue weighted by atomic mass is 9.96. The van der Waals surface area contributed by atoms with Crippen molar-refractivity contribution in [2.45, 2.75) is 33.2 Å². The molecule has 1 saturated heterocycles. The first-order valence-corrected chi connectivity index (χ1v) is 10.0. The molecule has 2 aromatic rings. The first kappa shape index (κ1) is 21.0. The zero-order chi connectivity index (χ0) is 20.8. The highest BCUT2D eigenvalue weighted by atomic mass is 19.1. The maximum Gasteiger partial charge on any atom is 0.338 e. The number of nitrogens with zero attached hydrogens (tertiary/aromatic N) is 1. The minimum Gasteiger partial charge on any atom is -0.462 e. The zero-order valence-electron chi connectivity index (χ0n) is 16.9. The smallest absolute Gasteiger partial charge is 0.338 e. The third kappa shape index (κ3) is 5.64. The van der Waals surface area contributed by atoms with E-state index in [1.54, 1.807) is 37.3 Å². The van der Waals surface area contributed by atoms with Gasteiger partial charge >= 0.3 is 5.97 Å². The van der Waals surface area contributed by atoms with Crippen LogP contribution in [-0.2, 0) is 16.1 Å². The highest BCUT2D eigenvalue weighted by molar-refractivity contribution is 5.95. The van der Waals surface area contributed by atoms with Crippen LogP contribution in [-0.4, -0.2) is 36.5 Å². The van der Waals surface area contributed by atoms with Crippen molar-refractivity contribution in [1.29, 1.82) is 0 Å². The fourth-order valence-electron chi connectivity index (χ4n) is 3.64. The predicted molar refractivity (Wildman–Crippen MR) is 110 cm³/mol. The van der Waals surface area contributed by atoms with E-state index in [-0.39, 0.29) is 23.6 Å². The Morgan fingerprint density at radius 1 is 1.21 bits per heavy atom. The molecule has 1 amide bonds. The molecule has 1 unspecified atom stereocenters. The number of ether oxygens (including phenoxy) is 1. The van der Waals surface area contributed by atoms with Gasteiger partial charge in [-0.2, -0.15) is 0 Å². The van der Waals surface area contributed by atoms with Crippen LogP contribution in [0.4, 0.5) is 10.1 Å². The summed E-state index contributed by atoms with van der Waals surface area (Å²) >= 11 is 0. The van der Waals surface area contributed by atoms with Crippen molar-refractivity contribution in [3.63, 3.8) is 0 Å². The molecule has 1 heterocycles. The average molecular weight is 398 g/mol. The molecular weight excluding hydrogens is 371 g/mol. The van der Waals surface area contributed by atoms with E-state index in [9.17, 15) is 14.0 Å². The summed E-state index contributed by atoms with van der Waals surface area (Å²) in [4.78, 5) is 26.9. The molecule has 29 heavy (non-hydrogen) atoms. The predicted octanol–water partition coefficient (Wildman–Crippen LogP) is 4.16. The van der Waals surface area contributed by atoms with E-state index < -0.39 is 0 Å². The Balaban J connectivity index is 1.60. The number of aryl methyl sites for hydroxylation is 1. The molecular formula is C23H27FN2O3. The number of rotatable bonds is 6. The molecule has 0 spiro atoms. The van der Waals surface area contributed by atoms with Gasteiger partial charge in [0.15, 0.2) is 0 Å². The van der Waals surface area contributed by atoms with Gasteiger partial charge in [-0.25, -0.2) is 9.18 Å². The molecule has 1 aliphatic heterocycles. The Kier molecular flexibility index (Phi) is 6.99.